The molecule has 1 heterocycles. The molecule has 0 aliphatic rings. The van der Waals surface area contributed by atoms with E-state index in [0.29, 0.717) is 6.04 Å². The first-order valence-electron chi connectivity index (χ1n) is 6.61. The maximum absolute atomic E-state index is 5.81. The van der Waals surface area contributed by atoms with Crippen molar-refractivity contribution >= 4 is 0 Å². The highest BCUT2D eigenvalue weighted by molar-refractivity contribution is 5.20. The standard InChI is InChI=1S/C14H26N2O/c1-6-15-9-13-8-14(17-12(13)5)10-16(7-2)11(3)4/h8,11,15H,6-7,9-10H2,1-5H3. The fourth-order valence-corrected chi connectivity index (χ4v) is 1.96. The van der Waals surface area contributed by atoms with Gasteiger partial charge in [0.15, 0.2) is 0 Å². The van der Waals surface area contributed by atoms with Crippen LogP contribution in [0.2, 0.25) is 0 Å². The Bertz CT molecular complexity index is 331. The van der Waals surface area contributed by atoms with Gasteiger partial charge in [-0.25, -0.2) is 0 Å². The normalized spacial score (nSPS) is 11.7. The highest BCUT2D eigenvalue weighted by Gasteiger charge is 2.12. The van der Waals surface area contributed by atoms with Crippen molar-refractivity contribution in [1.82, 2.24) is 10.2 Å². The molecule has 0 aliphatic carbocycles. The van der Waals surface area contributed by atoms with Crippen molar-refractivity contribution in [2.45, 2.75) is 53.8 Å². The van der Waals surface area contributed by atoms with E-state index >= 15 is 0 Å². The highest BCUT2D eigenvalue weighted by atomic mass is 16.3. The minimum atomic E-state index is 0.558. The third-order valence-corrected chi connectivity index (χ3v) is 3.13. The molecule has 0 bridgehead atoms. The molecule has 0 aliphatic heterocycles. The summed E-state index contributed by atoms with van der Waals surface area (Å²) in [5.41, 5.74) is 1.28. The molecular formula is C14H26N2O. The molecule has 1 aromatic heterocycles. The van der Waals surface area contributed by atoms with Gasteiger partial charge in [-0.05, 0) is 39.9 Å². The molecule has 17 heavy (non-hydrogen) atoms. The highest BCUT2D eigenvalue weighted by Crippen LogP contribution is 2.17. The van der Waals surface area contributed by atoms with Crippen LogP contribution in [0.3, 0.4) is 0 Å². The quantitative estimate of drug-likeness (QED) is 0.791. The van der Waals surface area contributed by atoms with Crippen molar-refractivity contribution < 1.29 is 4.42 Å². The Labute approximate surface area is 105 Å². The maximum Gasteiger partial charge on any atom is 0.118 e. The van der Waals surface area contributed by atoms with Crippen LogP contribution in [0.4, 0.5) is 0 Å². The smallest absolute Gasteiger partial charge is 0.118 e. The van der Waals surface area contributed by atoms with Gasteiger partial charge in [0.25, 0.3) is 0 Å². The van der Waals surface area contributed by atoms with E-state index in [4.69, 9.17) is 4.42 Å². The summed E-state index contributed by atoms with van der Waals surface area (Å²) in [5.74, 6) is 2.12. The zero-order chi connectivity index (χ0) is 12.8. The Hall–Kier alpha value is -0.800. The summed E-state index contributed by atoms with van der Waals surface area (Å²) in [6.07, 6.45) is 0. The minimum Gasteiger partial charge on any atom is -0.465 e. The lowest BCUT2D eigenvalue weighted by Crippen LogP contribution is -2.29. The maximum atomic E-state index is 5.81. The number of rotatable bonds is 7. The first kappa shape index (κ1) is 14.3. The molecule has 1 rings (SSSR count). The van der Waals surface area contributed by atoms with Gasteiger partial charge < -0.3 is 9.73 Å². The van der Waals surface area contributed by atoms with Crippen LogP contribution in [0.1, 0.15) is 44.8 Å². The van der Waals surface area contributed by atoms with Crippen LogP contribution in [0.5, 0.6) is 0 Å². The molecule has 1 N–H and O–H groups in total. The second kappa shape index (κ2) is 6.82. The summed E-state index contributed by atoms with van der Waals surface area (Å²) < 4.78 is 5.81. The summed E-state index contributed by atoms with van der Waals surface area (Å²) in [5, 5.41) is 3.34. The molecule has 0 saturated heterocycles. The van der Waals surface area contributed by atoms with Crippen LogP contribution in [0.15, 0.2) is 10.5 Å². The van der Waals surface area contributed by atoms with E-state index in [1.54, 1.807) is 0 Å². The number of hydrogen-bond donors (Lipinski definition) is 1. The Balaban J connectivity index is 2.65. The molecule has 0 aromatic carbocycles. The van der Waals surface area contributed by atoms with E-state index in [0.717, 1.165) is 37.7 Å². The lowest BCUT2D eigenvalue weighted by molar-refractivity contribution is 0.206. The fraction of sp³-hybridized carbons (Fsp3) is 0.714. The summed E-state index contributed by atoms with van der Waals surface area (Å²) in [6, 6.07) is 2.74. The Morgan fingerprint density at radius 3 is 2.59 bits per heavy atom. The molecule has 0 spiro atoms. The van der Waals surface area contributed by atoms with Crippen LogP contribution in [-0.4, -0.2) is 24.0 Å². The summed E-state index contributed by atoms with van der Waals surface area (Å²) in [7, 11) is 0. The van der Waals surface area contributed by atoms with Crippen LogP contribution in [0, 0.1) is 6.92 Å². The Morgan fingerprint density at radius 1 is 1.35 bits per heavy atom. The average molecular weight is 238 g/mol. The SMILES string of the molecule is CCNCc1cc(CN(CC)C(C)C)oc1C. The number of furan rings is 1. The molecule has 98 valence electrons. The molecule has 0 saturated carbocycles. The molecular weight excluding hydrogens is 212 g/mol. The van der Waals surface area contributed by atoms with Gasteiger partial charge >= 0.3 is 0 Å². The van der Waals surface area contributed by atoms with E-state index in [1.807, 2.05) is 6.92 Å². The molecule has 0 amide bonds. The third kappa shape index (κ3) is 4.17. The largest absolute Gasteiger partial charge is 0.465 e. The van der Waals surface area contributed by atoms with Gasteiger partial charge in [0, 0.05) is 18.2 Å². The first-order chi connectivity index (χ1) is 8.08. The van der Waals surface area contributed by atoms with E-state index in [1.165, 1.54) is 5.56 Å². The number of nitrogens with one attached hydrogen (secondary N) is 1. The second-order valence-electron chi connectivity index (χ2n) is 4.73. The zero-order valence-electron chi connectivity index (χ0n) is 11.8. The molecule has 0 radical (unpaired) electrons. The summed E-state index contributed by atoms with van der Waals surface area (Å²) in [6.45, 7) is 14.6. The van der Waals surface area contributed by atoms with Crippen molar-refractivity contribution in [3.05, 3.63) is 23.2 Å². The number of hydrogen-bond acceptors (Lipinski definition) is 3. The van der Waals surface area contributed by atoms with Gasteiger partial charge in [-0.2, -0.15) is 0 Å². The van der Waals surface area contributed by atoms with Crippen LogP contribution in [0.25, 0.3) is 0 Å². The predicted octanol–water partition coefficient (Wildman–Crippen LogP) is 2.93. The van der Waals surface area contributed by atoms with Gasteiger partial charge in [-0.1, -0.05) is 13.8 Å². The topological polar surface area (TPSA) is 28.4 Å². The lowest BCUT2D eigenvalue weighted by atomic mass is 10.2. The van der Waals surface area contributed by atoms with E-state index in [-0.39, 0.29) is 0 Å². The van der Waals surface area contributed by atoms with E-state index < -0.39 is 0 Å². The van der Waals surface area contributed by atoms with Gasteiger partial charge in [0.1, 0.15) is 11.5 Å². The predicted molar refractivity (Wildman–Crippen MR) is 72.0 cm³/mol. The molecule has 3 heteroatoms. The van der Waals surface area contributed by atoms with E-state index in [2.05, 4.69) is 44.0 Å². The molecule has 1 aromatic rings. The fourth-order valence-electron chi connectivity index (χ4n) is 1.96. The van der Waals surface area contributed by atoms with Crippen molar-refractivity contribution in [1.29, 1.82) is 0 Å². The first-order valence-corrected chi connectivity index (χ1v) is 6.61. The van der Waals surface area contributed by atoms with Crippen LogP contribution in [-0.2, 0) is 13.1 Å². The number of nitrogens with zero attached hydrogens (tertiary/aromatic N) is 1. The van der Waals surface area contributed by atoms with Crippen molar-refractivity contribution in [3.63, 3.8) is 0 Å². The van der Waals surface area contributed by atoms with Gasteiger partial charge in [0.2, 0.25) is 0 Å². The van der Waals surface area contributed by atoms with Gasteiger partial charge in [-0.3, -0.25) is 4.90 Å². The zero-order valence-corrected chi connectivity index (χ0v) is 11.8. The van der Waals surface area contributed by atoms with Crippen LogP contribution < -0.4 is 5.32 Å². The van der Waals surface area contributed by atoms with Crippen molar-refractivity contribution in [3.8, 4) is 0 Å². The van der Waals surface area contributed by atoms with Crippen molar-refractivity contribution in [2.24, 2.45) is 0 Å². The van der Waals surface area contributed by atoms with Crippen LogP contribution >= 0.6 is 0 Å². The van der Waals surface area contributed by atoms with Crippen molar-refractivity contribution in [2.75, 3.05) is 13.1 Å². The number of aryl methyl sites for hydroxylation is 1. The lowest BCUT2D eigenvalue weighted by Gasteiger charge is -2.23. The average Bonchev–Trinajstić information content (AvgIpc) is 2.63. The van der Waals surface area contributed by atoms with Gasteiger partial charge in [-0.15, -0.1) is 0 Å². The molecule has 3 nitrogen and oxygen atoms in total. The second-order valence-corrected chi connectivity index (χ2v) is 4.73. The summed E-state index contributed by atoms with van der Waals surface area (Å²) in [4.78, 5) is 2.40. The third-order valence-electron chi connectivity index (χ3n) is 3.13. The minimum absolute atomic E-state index is 0.558. The molecule has 0 fully saturated rings. The monoisotopic (exact) mass is 238 g/mol. The Morgan fingerprint density at radius 2 is 2.06 bits per heavy atom. The summed E-state index contributed by atoms with van der Waals surface area (Å²) >= 11 is 0. The van der Waals surface area contributed by atoms with E-state index in [9.17, 15) is 0 Å². The Kier molecular flexibility index (Phi) is 5.72. The molecule has 0 atom stereocenters. The molecule has 0 unspecified atom stereocenters. The van der Waals surface area contributed by atoms with Gasteiger partial charge in [0.05, 0.1) is 6.54 Å².